The van der Waals surface area contributed by atoms with Crippen LogP contribution in [0.2, 0.25) is 0 Å². The fourth-order valence-corrected chi connectivity index (χ4v) is 1.82. The maximum Gasteiger partial charge on any atom is 0.360 e. The van der Waals surface area contributed by atoms with E-state index in [2.05, 4.69) is 10.3 Å². The lowest BCUT2D eigenvalue weighted by atomic mass is 10.4. The van der Waals surface area contributed by atoms with E-state index in [0.29, 0.717) is 11.5 Å². The largest absolute Gasteiger partial charge is 0.461 e. The Morgan fingerprint density at radius 1 is 1.61 bits per heavy atom. The second-order valence-corrected chi connectivity index (χ2v) is 4.00. The molecule has 0 saturated carbocycles. The van der Waals surface area contributed by atoms with Gasteiger partial charge in [0.2, 0.25) is 0 Å². The molecule has 18 heavy (non-hydrogen) atoms. The van der Waals surface area contributed by atoms with Crippen molar-refractivity contribution in [3.63, 3.8) is 0 Å². The molecule has 0 aliphatic heterocycles. The molecule has 0 bridgehead atoms. The molecule has 0 saturated heterocycles. The van der Waals surface area contributed by atoms with Gasteiger partial charge in [0, 0.05) is 6.54 Å². The third-order valence-electron chi connectivity index (χ3n) is 1.81. The number of nitrogens with one attached hydrogen (secondary N) is 1. The topological polar surface area (TPSA) is 60.5 Å². The van der Waals surface area contributed by atoms with Gasteiger partial charge in [0.15, 0.2) is 5.69 Å². The number of anilines is 1. The number of alkyl halides is 2. The van der Waals surface area contributed by atoms with Gasteiger partial charge in [0.05, 0.1) is 18.7 Å². The van der Waals surface area contributed by atoms with Crippen LogP contribution < -0.4 is 5.32 Å². The summed E-state index contributed by atoms with van der Waals surface area (Å²) in [6, 6.07) is 0. The second kappa shape index (κ2) is 7.93. The predicted molar refractivity (Wildman–Crippen MR) is 63.4 cm³/mol. The molecule has 0 atom stereocenters. The molecule has 0 fully saturated rings. The first-order chi connectivity index (χ1) is 8.65. The van der Waals surface area contributed by atoms with Gasteiger partial charge < -0.3 is 14.8 Å². The second-order valence-electron chi connectivity index (χ2n) is 3.14. The lowest BCUT2D eigenvalue weighted by molar-refractivity contribution is 0.0215. The summed E-state index contributed by atoms with van der Waals surface area (Å²) in [6.45, 7) is 1.84. The summed E-state index contributed by atoms with van der Waals surface area (Å²) in [5, 5.41) is 3.44. The van der Waals surface area contributed by atoms with Gasteiger partial charge in [0.1, 0.15) is 11.6 Å². The van der Waals surface area contributed by atoms with Crippen molar-refractivity contribution in [3.05, 3.63) is 11.2 Å². The molecule has 0 unspecified atom stereocenters. The van der Waals surface area contributed by atoms with Crippen molar-refractivity contribution in [2.75, 3.05) is 31.7 Å². The minimum absolute atomic E-state index is 0.129. The molecule has 1 aromatic heterocycles. The molecule has 1 aromatic rings. The molecule has 0 aliphatic carbocycles. The molecular weight excluding hydrogens is 266 g/mol. The zero-order chi connectivity index (χ0) is 13.4. The maximum atomic E-state index is 11.8. The average molecular weight is 280 g/mol. The number of rotatable bonds is 8. The zero-order valence-electron chi connectivity index (χ0n) is 9.82. The van der Waals surface area contributed by atoms with E-state index >= 15 is 0 Å². The van der Waals surface area contributed by atoms with Gasteiger partial charge in [-0.1, -0.05) is 0 Å². The number of halogens is 2. The highest BCUT2D eigenvalue weighted by molar-refractivity contribution is 7.14. The molecule has 5 nitrogen and oxygen atoms in total. The summed E-state index contributed by atoms with van der Waals surface area (Å²) in [5.41, 5.74) is 1.71. The van der Waals surface area contributed by atoms with E-state index in [1.807, 2.05) is 0 Å². The molecule has 102 valence electrons. The molecular formula is C10H14F2N2O3S. The Morgan fingerprint density at radius 3 is 3.06 bits per heavy atom. The van der Waals surface area contributed by atoms with E-state index in [1.165, 1.54) is 16.8 Å². The number of hydrogen-bond donors (Lipinski definition) is 1. The van der Waals surface area contributed by atoms with Crippen LogP contribution in [0.5, 0.6) is 0 Å². The van der Waals surface area contributed by atoms with E-state index in [-0.39, 0.29) is 18.9 Å². The average Bonchev–Trinajstić information content (AvgIpc) is 2.77. The summed E-state index contributed by atoms with van der Waals surface area (Å²) < 4.78 is 33.1. The summed E-state index contributed by atoms with van der Waals surface area (Å²) in [4.78, 5) is 15.3. The molecule has 1 rings (SSSR count). The first-order valence-electron chi connectivity index (χ1n) is 5.35. The van der Waals surface area contributed by atoms with Crippen LogP contribution in [0, 0.1) is 0 Å². The smallest absolute Gasteiger partial charge is 0.360 e. The molecule has 0 aromatic carbocycles. The maximum absolute atomic E-state index is 11.8. The SMILES string of the molecule is CCOC(=O)c1ncsc1NCCOCC(F)F. The standard InChI is InChI=1S/C10H14F2N2O3S/c1-2-17-10(15)8-9(18-6-14-8)13-3-4-16-5-7(11)12/h6-7,13H,2-5H2,1H3. The predicted octanol–water partition coefficient (Wildman–Crippen LogP) is 2.01. The normalized spacial score (nSPS) is 10.7. The van der Waals surface area contributed by atoms with Gasteiger partial charge in [-0.05, 0) is 6.92 Å². The third-order valence-corrected chi connectivity index (χ3v) is 2.60. The van der Waals surface area contributed by atoms with Crippen LogP contribution >= 0.6 is 11.3 Å². The van der Waals surface area contributed by atoms with Crippen LogP contribution in [-0.2, 0) is 9.47 Å². The first kappa shape index (κ1) is 14.8. The molecule has 0 spiro atoms. The minimum atomic E-state index is -2.47. The Morgan fingerprint density at radius 2 is 2.39 bits per heavy atom. The van der Waals surface area contributed by atoms with Gasteiger partial charge in [-0.3, -0.25) is 0 Å². The van der Waals surface area contributed by atoms with Crippen LogP contribution in [0.25, 0.3) is 0 Å². The van der Waals surface area contributed by atoms with Crippen LogP contribution in [0.1, 0.15) is 17.4 Å². The lowest BCUT2D eigenvalue weighted by Gasteiger charge is -2.06. The van der Waals surface area contributed by atoms with Crippen LogP contribution in [-0.4, -0.2) is 43.7 Å². The molecule has 0 radical (unpaired) electrons. The van der Waals surface area contributed by atoms with Crippen molar-refractivity contribution in [1.82, 2.24) is 4.98 Å². The highest BCUT2D eigenvalue weighted by atomic mass is 32.1. The molecule has 1 heterocycles. The van der Waals surface area contributed by atoms with Crippen LogP contribution in [0.3, 0.4) is 0 Å². The van der Waals surface area contributed by atoms with E-state index in [4.69, 9.17) is 9.47 Å². The van der Waals surface area contributed by atoms with Crippen LogP contribution in [0.15, 0.2) is 5.51 Å². The number of ether oxygens (including phenoxy) is 2. The van der Waals surface area contributed by atoms with Crippen molar-refractivity contribution in [2.45, 2.75) is 13.3 Å². The molecule has 1 N–H and O–H groups in total. The summed E-state index contributed by atoms with van der Waals surface area (Å²) in [7, 11) is 0. The number of hydrogen-bond acceptors (Lipinski definition) is 6. The van der Waals surface area contributed by atoms with Crippen molar-refractivity contribution < 1.29 is 23.0 Å². The highest BCUT2D eigenvalue weighted by Crippen LogP contribution is 2.20. The number of esters is 1. The minimum Gasteiger partial charge on any atom is -0.461 e. The van der Waals surface area contributed by atoms with Gasteiger partial charge >= 0.3 is 5.97 Å². The van der Waals surface area contributed by atoms with E-state index in [0.717, 1.165) is 0 Å². The van der Waals surface area contributed by atoms with Gasteiger partial charge in [-0.25, -0.2) is 18.6 Å². The van der Waals surface area contributed by atoms with Crippen molar-refractivity contribution in [1.29, 1.82) is 0 Å². The van der Waals surface area contributed by atoms with E-state index < -0.39 is 19.0 Å². The summed E-state index contributed by atoms with van der Waals surface area (Å²) in [5.74, 6) is -0.505. The van der Waals surface area contributed by atoms with Gasteiger partial charge in [-0.15, -0.1) is 11.3 Å². The number of aromatic nitrogens is 1. The summed E-state index contributed by atoms with van der Waals surface area (Å²) in [6.07, 6.45) is -2.47. The van der Waals surface area contributed by atoms with Crippen LogP contribution in [0.4, 0.5) is 13.8 Å². The Kier molecular flexibility index (Phi) is 6.51. The van der Waals surface area contributed by atoms with Crippen molar-refractivity contribution in [3.8, 4) is 0 Å². The Labute approximate surface area is 107 Å². The molecule has 0 aliphatic rings. The Bertz CT molecular complexity index is 374. The van der Waals surface area contributed by atoms with E-state index in [1.54, 1.807) is 6.92 Å². The number of carbonyl (C=O) groups excluding carboxylic acids is 1. The van der Waals surface area contributed by atoms with Gasteiger partial charge in [-0.2, -0.15) is 0 Å². The first-order valence-corrected chi connectivity index (χ1v) is 6.23. The van der Waals surface area contributed by atoms with E-state index in [9.17, 15) is 13.6 Å². The fourth-order valence-electron chi connectivity index (χ4n) is 1.13. The van der Waals surface area contributed by atoms with Crippen molar-refractivity contribution >= 4 is 22.3 Å². The zero-order valence-corrected chi connectivity index (χ0v) is 10.6. The number of nitrogens with zero attached hydrogens (tertiary/aromatic N) is 1. The highest BCUT2D eigenvalue weighted by Gasteiger charge is 2.15. The monoisotopic (exact) mass is 280 g/mol. The van der Waals surface area contributed by atoms with Crippen molar-refractivity contribution in [2.24, 2.45) is 0 Å². The van der Waals surface area contributed by atoms with Gasteiger partial charge in [0.25, 0.3) is 6.43 Å². The third kappa shape index (κ3) is 4.92. The molecule has 0 amide bonds. The number of carbonyl (C=O) groups is 1. The quantitative estimate of drug-likeness (QED) is 0.583. The Hall–Kier alpha value is -1.28. The Balaban J connectivity index is 2.34. The number of thiazole rings is 1. The summed E-state index contributed by atoms with van der Waals surface area (Å²) >= 11 is 1.24. The molecule has 8 heteroatoms. The lowest BCUT2D eigenvalue weighted by Crippen LogP contribution is -2.14. The fraction of sp³-hybridized carbons (Fsp3) is 0.600.